The molecule has 0 fully saturated rings. The highest BCUT2D eigenvalue weighted by Gasteiger charge is 2.11. The van der Waals surface area contributed by atoms with E-state index in [1.54, 1.807) is 12.3 Å². The maximum Gasteiger partial charge on any atom is 0.101 e. The van der Waals surface area contributed by atoms with E-state index in [4.69, 9.17) is 11.0 Å². The lowest BCUT2D eigenvalue weighted by Gasteiger charge is -2.12. The van der Waals surface area contributed by atoms with Crippen LogP contribution in [0.1, 0.15) is 31.1 Å². The number of nitriles is 1. The summed E-state index contributed by atoms with van der Waals surface area (Å²) in [5, 5.41) is 8.56. The number of nitrogens with zero attached hydrogens (tertiary/aromatic N) is 1. The van der Waals surface area contributed by atoms with Crippen LogP contribution in [-0.4, -0.2) is 4.98 Å². The second-order valence-electron chi connectivity index (χ2n) is 3.23. The monoisotopic (exact) mass is 163 g/mol. The van der Waals surface area contributed by atoms with Crippen molar-refractivity contribution in [3.05, 3.63) is 23.5 Å². The highest BCUT2D eigenvalue weighted by Crippen LogP contribution is 2.17. The molecule has 0 aliphatic rings. The summed E-state index contributed by atoms with van der Waals surface area (Å²) in [6, 6.07) is 3.84. The highest BCUT2D eigenvalue weighted by molar-refractivity contribution is 5.30. The summed E-state index contributed by atoms with van der Waals surface area (Å²) >= 11 is 0. The second-order valence-corrected chi connectivity index (χ2v) is 3.23. The van der Waals surface area contributed by atoms with E-state index in [2.05, 4.69) is 24.9 Å². The van der Waals surface area contributed by atoms with Gasteiger partial charge in [0.15, 0.2) is 0 Å². The van der Waals surface area contributed by atoms with Crippen LogP contribution >= 0.6 is 0 Å². The third-order valence-corrected chi connectivity index (χ3v) is 1.91. The minimum absolute atomic E-state index is 0.00731. The van der Waals surface area contributed by atoms with Gasteiger partial charge in [0.1, 0.15) is 6.07 Å². The fourth-order valence-electron chi connectivity index (χ4n) is 1.03. The lowest BCUT2D eigenvalue weighted by Crippen LogP contribution is -2.16. The minimum atomic E-state index is -0.00731. The molecule has 0 amide bonds. The Balaban J connectivity index is 2.83. The van der Waals surface area contributed by atoms with Crippen molar-refractivity contribution < 1.29 is 0 Å². The van der Waals surface area contributed by atoms with E-state index < -0.39 is 0 Å². The van der Waals surface area contributed by atoms with Crippen LogP contribution in [0.2, 0.25) is 0 Å². The van der Waals surface area contributed by atoms with Gasteiger partial charge in [-0.15, -0.1) is 0 Å². The van der Waals surface area contributed by atoms with Crippen molar-refractivity contribution in [1.29, 1.82) is 5.26 Å². The largest absolute Gasteiger partial charge is 0.362 e. The van der Waals surface area contributed by atoms with Crippen LogP contribution in [0.25, 0.3) is 0 Å². The molecule has 3 N–H and O–H groups in total. The number of nitrogens with two attached hydrogens (primary N) is 1. The average molecular weight is 163 g/mol. The molecule has 1 heterocycles. The SMILES string of the molecule is CC(C)[C@H](N)c1cc(C#N)c[nH]1. The third-order valence-electron chi connectivity index (χ3n) is 1.91. The Bertz CT molecular complexity index is 293. The Morgan fingerprint density at radius 1 is 1.58 bits per heavy atom. The van der Waals surface area contributed by atoms with E-state index in [9.17, 15) is 0 Å². The molecule has 0 saturated heterocycles. The van der Waals surface area contributed by atoms with Crippen LogP contribution in [0, 0.1) is 17.2 Å². The van der Waals surface area contributed by atoms with E-state index in [0.717, 1.165) is 5.69 Å². The topological polar surface area (TPSA) is 65.6 Å². The first-order valence-electron chi connectivity index (χ1n) is 3.99. The van der Waals surface area contributed by atoms with Crippen molar-refractivity contribution in [1.82, 2.24) is 4.98 Å². The number of nitrogens with one attached hydrogen (secondary N) is 1. The molecule has 0 bridgehead atoms. The molecule has 3 nitrogen and oxygen atoms in total. The molecule has 0 saturated carbocycles. The van der Waals surface area contributed by atoms with Crippen LogP contribution in [0.3, 0.4) is 0 Å². The molecule has 0 aliphatic heterocycles. The summed E-state index contributed by atoms with van der Waals surface area (Å²) in [4.78, 5) is 2.99. The molecule has 1 rings (SSSR count). The molecule has 0 unspecified atom stereocenters. The lowest BCUT2D eigenvalue weighted by atomic mass is 10.0. The Kier molecular flexibility index (Phi) is 2.51. The highest BCUT2D eigenvalue weighted by atomic mass is 14.8. The van der Waals surface area contributed by atoms with Gasteiger partial charge in [-0.2, -0.15) is 5.26 Å². The molecule has 0 radical (unpaired) electrons. The number of hydrogen-bond donors (Lipinski definition) is 2. The first-order valence-corrected chi connectivity index (χ1v) is 3.99. The van der Waals surface area contributed by atoms with Crippen molar-refractivity contribution in [3.8, 4) is 6.07 Å². The zero-order valence-electron chi connectivity index (χ0n) is 7.33. The zero-order chi connectivity index (χ0) is 9.14. The first-order chi connectivity index (χ1) is 5.65. The van der Waals surface area contributed by atoms with Crippen LogP contribution in [0.5, 0.6) is 0 Å². The summed E-state index contributed by atoms with van der Waals surface area (Å²) in [6.45, 7) is 4.11. The van der Waals surface area contributed by atoms with Gasteiger partial charge in [0, 0.05) is 17.9 Å². The van der Waals surface area contributed by atoms with Crippen molar-refractivity contribution >= 4 is 0 Å². The van der Waals surface area contributed by atoms with E-state index in [1.165, 1.54) is 0 Å². The normalized spacial score (nSPS) is 12.9. The van der Waals surface area contributed by atoms with Crippen molar-refractivity contribution in [2.75, 3.05) is 0 Å². The maximum absolute atomic E-state index is 8.56. The number of aromatic nitrogens is 1. The van der Waals surface area contributed by atoms with Crippen LogP contribution in [0.4, 0.5) is 0 Å². The zero-order valence-corrected chi connectivity index (χ0v) is 7.33. The average Bonchev–Trinajstić information content (AvgIpc) is 2.50. The number of rotatable bonds is 2. The van der Waals surface area contributed by atoms with Gasteiger partial charge in [-0.25, -0.2) is 0 Å². The predicted molar refractivity (Wildman–Crippen MR) is 47.3 cm³/mol. The van der Waals surface area contributed by atoms with Crippen LogP contribution in [-0.2, 0) is 0 Å². The van der Waals surface area contributed by atoms with Gasteiger partial charge in [-0.3, -0.25) is 0 Å². The summed E-state index contributed by atoms with van der Waals surface area (Å²) in [7, 11) is 0. The van der Waals surface area contributed by atoms with E-state index >= 15 is 0 Å². The number of H-pyrrole nitrogens is 1. The smallest absolute Gasteiger partial charge is 0.101 e. The molecule has 3 heteroatoms. The van der Waals surface area contributed by atoms with Gasteiger partial charge in [0.05, 0.1) is 5.56 Å². The van der Waals surface area contributed by atoms with Crippen LogP contribution in [0.15, 0.2) is 12.3 Å². The lowest BCUT2D eigenvalue weighted by molar-refractivity contribution is 0.505. The Morgan fingerprint density at radius 2 is 2.25 bits per heavy atom. The Morgan fingerprint density at radius 3 is 2.67 bits per heavy atom. The molecule has 64 valence electrons. The Hall–Kier alpha value is -1.27. The van der Waals surface area contributed by atoms with Gasteiger partial charge in [-0.1, -0.05) is 13.8 Å². The fraction of sp³-hybridized carbons (Fsp3) is 0.444. The minimum Gasteiger partial charge on any atom is -0.362 e. The molecule has 0 spiro atoms. The quantitative estimate of drug-likeness (QED) is 0.694. The van der Waals surface area contributed by atoms with Gasteiger partial charge in [0.2, 0.25) is 0 Å². The molecule has 1 aromatic heterocycles. The van der Waals surface area contributed by atoms with Crippen molar-refractivity contribution in [2.24, 2.45) is 11.7 Å². The summed E-state index contributed by atoms with van der Waals surface area (Å²) in [6.07, 6.45) is 1.68. The molecular weight excluding hydrogens is 150 g/mol. The van der Waals surface area contributed by atoms with Crippen molar-refractivity contribution in [3.63, 3.8) is 0 Å². The van der Waals surface area contributed by atoms with Gasteiger partial charge < -0.3 is 10.7 Å². The molecule has 1 atom stereocenters. The molecule has 12 heavy (non-hydrogen) atoms. The first kappa shape index (κ1) is 8.82. The van der Waals surface area contributed by atoms with Gasteiger partial charge in [-0.05, 0) is 12.0 Å². The fourth-order valence-corrected chi connectivity index (χ4v) is 1.03. The number of aromatic amines is 1. The maximum atomic E-state index is 8.56. The summed E-state index contributed by atoms with van der Waals surface area (Å²) < 4.78 is 0. The van der Waals surface area contributed by atoms with Gasteiger partial charge in [0.25, 0.3) is 0 Å². The van der Waals surface area contributed by atoms with E-state index in [0.29, 0.717) is 11.5 Å². The number of hydrogen-bond acceptors (Lipinski definition) is 2. The standard InChI is InChI=1S/C9H13N3/c1-6(2)9(11)8-3-7(4-10)5-12-8/h3,5-6,9,12H,11H2,1-2H3/t9-/m0/s1. The predicted octanol–water partition coefficient (Wildman–Crippen LogP) is 1.54. The van der Waals surface area contributed by atoms with Gasteiger partial charge >= 0.3 is 0 Å². The second kappa shape index (κ2) is 3.42. The summed E-state index contributed by atoms with van der Waals surface area (Å²) in [5.74, 6) is 0.384. The molecule has 0 aliphatic carbocycles. The van der Waals surface area contributed by atoms with Crippen molar-refractivity contribution in [2.45, 2.75) is 19.9 Å². The van der Waals surface area contributed by atoms with E-state index in [-0.39, 0.29) is 6.04 Å². The summed E-state index contributed by atoms with van der Waals surface area (Å²) in [5.41, 5.74) is 7.44. The molecule has 0 aromatic carbocycles. The van der Waals surface area contributed by atoms with E-state index in [1.807, 2.05) is 0 Å². The van der Waals surface area contributed by atoms with Crippen LogP contribution < -0.4 is 5.73 Å². The molecular formula is C9H13N3. The Labute approximate surface area is 72.2 Å². The molecule has 1 aromatic rings. The third kappa shape index (κ3) is 1.66.